The Balaban J connectivity index is 0.000000217. The second kappa shape index (κ2) is 29.9. The Kier molecular flexibility index (Phi) is 24.2. The minimum atomic E-state index is -2.58. The highest BCUT2D eigenvalue weighted by molar-refractivity contribution is 6.99. The largest absolute Gasteiger partial charge is 0.479 e. The first kappa shape index (κ1) is 59.9. The van der Waals surface area contributed by atoms with Crippen molar-refractivity contribution >= 4 is 36.3 Å². The summed E-state index contributed by atoms with van der Waals surface area (Å²) in [6.07, 6.45) is 5.99. The lowest BCUT2D eigenvalue weighted by atomic mass is 9.95. The molecule has 6 atom stereocenters. The SMILES string of the molecule is C.COC(CO[C@@H]1CCC[C@H](O)C1)CO[Si](c1ccccc1)(c1ccccc1)C(C)(C)C.COC(CO[C@@H]1CCC[C@H](OCc2nc(-c3ccccc3)oc2C)C1)C(=O)O.Cc1oc(-c2ccccc2)nc1CCl. The average Bonchev–Trinajstić information content (AvgIpc) is 3.99. The van der Waals surface area contributed by atoms with Gasteiger partial charge < -0.3 is 47.2 Å². The van der Waals surface area contributed by atoms with Gasteiger partial charge in [-0.1, -0.05) is 125 Å². The van der Waals surface area contributed by atoms with E-state index < -0.39 is 20.4 Å². The van der Waals surface area contributed by atoms with Crippen LogP contribution in [0.4, 0.5) is 0 Å². The first-order chi connectivity index (χ1) is 35.2. The van der Waals surface area contributed by atoms with E-state index in [1.54, 1.807) is 7.11 Å². The van der Waals surface area contributed by atoms with Crippen LogP contribution in [0.25, 0.3) is 22.9 Å². The molecule has 0 amide bonds. The van der Waals surface area contributed by atoms with Gasteiger partial charge in [-0.25, -0.2) is 14.8 Å². The number of halogens is 1. The average molecular weight is 1060 g/mol. The number of hydrogen-bond donors (Lipinski definition) is 2. The third-order valence-electron chi connectivity index (χ3n) is 13.4. The van der Waals surface area contributed by atoms with Crippen LogP contribution in [-0.4, -0.2) is 105 Å². The summed E-state index contributed by atoms with van der Waals surface area (Å²) in [5.74, 6) is 2.16. The quantitative estimate of drug-likeness (QED) is 0.0549. The minimum absolute atomic E-state index is 0. The third kappa shape index (κ3) is 17.0. The molecule has 2 N–H and O–H groups in total. The highest BCUT2D eigenvalue weighted by Gasteiger charge is 2.50. The monoisotopic (exact) mass is 1050 g/mol. The smallest absolute Gasteiger partial charge is 0.335 e. The molecule has 402 valence electrons. The standard InChI is InChI=1S/C26H38O4Si.C21H27NO6.C11H10ClNO.CH4/c1-26(2,3)31(24-14-7-5-8-15-24,25-16-9-6-10-17-25)30-20-23(28-4)19-29-22-13-11-12-21(27)18-22;1-14-18(22-20(28-14)15-7-4-3-5-8-15)12-26-16-9-6-10-17(11-16)27-13-19(25-2)21(23)24;1-8-10(7-12)13-11(14-8)9-5-3-2-4-6-9;/h5-10,14-17,21-23,27H,11-13,18-20H2,1-4H3;3-5,7-8,16-17,19H,6,9-13H2,1-2H3,(H,23,24);2-6H,7H2,1H3;1H4/t21-,22+,23?;16-,17+,19?;;/m00../s1. The molecule has 2 unspecified atom stereocenters. The first-order valence-electron chi connectivity index (χ1n) is 25.4. The van der Waals surface area contributed by atoms with Gasteiger partial charge in [-0.05, 0) is 105 Å². The number of carbonyl (C=O) groups is 1. The fraction of sp³-hybridized carbons (Fsp3) is 0.475. The van der Waals surface area contributed by atoms with E-state index in [9.17, 15) is 9.90 Å². The zero-order valence-corrected chi connectivity index (χ0v) is 45.3. The lowest BCUT2D eigenvalue weighted by Crippen LogP contribution is -2.67. The molecule has 0 bridgehead atoms. The summed E-state index contributed by atoms with van der Waals surface area (Å²) in [6.45, 7) is 12.0. The number of alkyl halides is 1. The zero-order chi connectivity index (χ0) is 52.2. The number of aliphatic hydroxyl groups excluding tert-OH is 1. The number of aryl methyl sites for hydroxylation is 2. The van der Waals surface area contributed by atoms with Crippen LogP contribution in [0.2, 0.25) is 5.04 Å². The predicted octanol–water partition coefficient (Wildman–Crippen LogP) is 11.5. The van der Waals surface area contributed by atoms with E-state index in [2.05, 4.69) is 91.4 Å². The van der Waals surface area contributed by atoms with Crippen LogP contribution in [-0.2, 0) is 45.4 Å². The number of aliphatic carboxylic acids is 1. The maximum atomic E-state index is 11.0. The maximum absolute atomic E-state index is 11.0. The van der Waals surface area contributed by atoms with E-state index in [-0.39, 0.29) is 49.6 Å². The number of rotatable bonds is 20. The Morgan fingerprint density at radius 2 is 1.12 bits per heavy atom. The summed E-state index contributed by atoms with van der Waals surface area (Å²) >= 11 is 5.71. The Labute approximate surface area is 445 Å². The van der Waals surface area contributed by atoms with Gasteiger partial charge in [0.1, 0.15) is 23.3 Å². The number of carboxylic acid groups (broad SMARTS) is 1. The Morgan fingerprint density at radius 1 is 0.662 bits per heavy atom. The molecule has 6 aromatic rings. The van der Waals surface area contributed by atoms with Gasteiger partial charge in [-0.2, -0.15) is 0 Å². The van der Waals surface area contributed by atoms with Crippen molar-refractivity contribution < 1.29 is 52.0 Å². The predicted molar refractivity (Wildman–Crippen MR) is 293 cm³/mol. The van der Waals surface area contributed by atoms with Gasteiger partial charge in [0.25, 0.3) is 8.32 Å². The van der Waals surface area contributed by atoms with Crippen molar-refractivity contribution in [2.24, 2.45) is 0 Å². The summed E-state index contributed by atoms with van der Waals surface area (Å²) in [5.41, 5.74) is 3.53. The molecule has 0 aliphatic heterocycles. The van der Waals surface area contributed by atoms with Crippen molar-refractivity contribution in [1.82, 2.24) is 9.97 Å². The summed E-state index contributed by atoms with van der Waals surface area (Å²) in [4.78, 5) is 19.9. The number of oxazole rings is 2. The second-order valence-corrected chi connectivity index (χ2v) is 24.2. The van der Waals surface area contributed by atoms with E-state index in [0.717, 1.165) is 79.0 Å². The lowest BCUT2D eigenvalue weighted by Gasteiger charge is -2.43. The fourth-order valence-corrected chi connectivity index (χ4v) is 14.1. The van der Waals surface area contributed by atoms with Crippen molar-refractivity contribution in [2.75, 3.05) is 34.0 Å². The molecule has 74 heavy (non-hydrogen) atoms. The first-order valence-corrected chi connectivity index (χ1v) is 27.8. The molecule has 2 fully saturated rings. The Morgan fingerprint density at radius 3 is 1.58 bits per heavy atom. The normalized spacial score (nSPS) is 18.7. The summed E-state index contributed by atoms with van der Waals surface area (Å²) in [5, 5.41) is 21.4. The molecule has 4 aromatic carbocycles. The number of methoxy groups -OCH3 is 2. The number of carboxylic acids is 1. The van der Waals surface area contributed by atoms with Gasteiger partial charge in [-0.15, -0.1) is 11.6 Å². The van der Waals surface area contributed by atoms with E-state index in [1.165, 1.54) is 17.5 Å². The van der Waals surface area contributed by atoms with Gasteiger partial charge in [0.05, 0.1) is 62.4 Å². The van der Waals surface area contributed by atoms with E-state index >= 15 is 0 Å². The van der Waals surface area contributed by atoms with Crippen LogP contribution in [0, 0.1) is 13.8 Å². The summed E-state index contributed by atoms with van der Waals surface area (Å²) in [7, 11) is 0.511. The van der Waals surface area contributed by atoms with E-state index in [0.29, 0.717) is 43.9 Å². The van der Waals surface area contributed by atoms with Crippen LogP contribution in [0.5, 0.6) is 0 Å². The number of benzene rings is 4. The highest BCUT2D eigenvalue weighted by atomic mass is 35.5. The number of aromatic nitrogens is 2. The Hall–Kier alpha value is -5.00. The number of aliphatic hydroxyl groups is 1. The zero-order valence-electron chi connectivity index (χ0n) is 43.5. The van der Waals surface area contributed by atoms with Crippen molar-refractivity contribution in [3.63, 3.8) is 0 Å². The van der Waals surface area contributed by atoms with Crippen molar-refractivity contribution in [3.05, 3.63) is 144 Å². The minimum Gasteiger partial charge on any atom is -0.479 e. The molecule has 15 heteroatoms. The molecule has 0 spiro atoms. The topological polar surface area (TPSA) is 165 Å². The van der Waals surface area contributed by atoms with Gasteiger partial charge in [-0.3, -0.25) is 0 Å². The number of ether oxygens (including phenoxy) is 5. The molecule has 0 saturated heterocycles. The van der Waals surface area contributed by atoms with Crippen LogP contribution in [0.3, 0.4) is 0 Å². The van der Waals surface area contributed by atoms with Gasteiger partial charge in [0.2, 0.25) is 11.8 Å². The van der Waals surface area contributed by atoms with Crippen molar-refractivity contribution in [1.29, 1.82) is 0 Å². The molecule has 2 aromatic heterocycles. The van der Waals surface area contributed by atoms with Crippen LogP contribution in [0.15, 0.2) is 130 Å². The molecule has 2 aliphatic carbocycles. The van der Waals surface area contributed by atoms with Crippen LogP contribution < -0.4 is 10.4 Å². The van der Waals surface area contributed by atoms with Gasteiger partial charge in [0, 0.05) is 25.3 Å². The van der Waals surface area contributed by atoms with Crippen LogP contribution >= 0.6 is 11.6 Å². The molecule has 2 saturated carbocycles. The second-order valence-electron chi connectivity index (χ2n) is 19.6. The Bertz CT molecular complexity index is 2470. The molecule has 0 radical (unpaired) electrons. The molecular formula is C59H79ClN2O11Si. The molecule has 13 nitrogen and oxygen atoms in total. The van der Waals surface area contributed by atoms with Crippen molar-refractivity contribution in [3.8, 4) is 22.9 Å². The highest BCUT2D eigenvalue weighted by Crippen LogP contribution is 2.37. The molecule has 2 aliphatic rings. The fourth-order valence-electron chi connectivity index (χ4n) is 9.27. The molecule has 8 rings (SSSR count). The van der Waals surface area contributed by atoms with Crippen LogP contribution in [0.1, 0.15) is 102 Å². The van der Waals surface area contributed by atoms with Gasteiger partial charge >= 0.3 is 5.97 Å². The molecule has 2 heterocycles. The summed E-state index contributed by atoms with van der Waals surface area (Å²) < 4.78 is 46.8. The molecular weight excluding hydrogens is 976 g/mol. The van der Waals surface area contributed by atoms with E-state index in [1.807, 2.05) is 74.5 Å². The van der Waals surface area contributed by atoms with E-state index in [4.69, 9.17) is 53.7 Å². The van der Waals surface area contributed by atoms with Crippen molar-refractivity contribution in [2.45, 2.75) is 148 Å². The summed E-state index contributed by atoms with van der Waals surface area (Å²) in [6, 6.07) is 40.9. The van der Waals surface area contributed by atoms with Gasteiger partial charge in [0.15, 0.2) is 6.10 Å². The third-order valence-corrected chi connectivity index (χ3v) is 18.6. The lowest BCUT2D eigenvalue weighted by molar-refractivity contribution is -0.155. The number of hydrogen-bond acceptors (Lipinski definition) is 12. The number of nitrogens with zero attached hydrogens (tertiary/aromatic N) is 2. The maximum Gasteiger partial charge on any atom is 0.335 e.